The third-order valence-electron chi connectivity index (χ3n) is 3.75. The lowest BCUT2D eigenvalue weighted by Gasteiger charge is -2.43. The molecule has 0 amide bonds. The molecule has 4 heteroatoms. The number of hydrogen-bond donors (Lipinski definition) is 1. The molecule has 1 aromatic heterocycles. The molecule has 2 atom stereocenters. The minimum Gasteiger partial charge on any atom is -0.353 e. The summed E-state index contributed by atoms with van der Waals surface area (Å²) < 4.78 is 0. The summed E-state index contributed by atoms with van der Waals surface area (Å²) in [5, 5.41) is 0. The van der Waals surface area contributed by atoms with Crippen LogP contribution in [0.4, 0.5) is 5.82 Å². The van der Waals surface area contributed by atoms with E-state index in [4.69, 9.17) is 5.73 Å². The Kier molecular flexibility index (Phi) is 3.64. The lowest BCUT2D eigenvalue weighted by molar-refractivity contribution is 0.169. The van der Waals surface area contributed by atoms with Gasteiger partial charge in [0.05, 0.1) is 0 Å². The predicted molar refractivity (Wildman–Crippen MR) is 71.0 cm³/mol. The van der Waals surface area contributed by atoms with E-state index < -0.39 is 0 Å². The molecule has 17 heavy (non-hydrogen) atoms. The molecule has 0 spiro atoms. The van der Waals surface area contributed by atoms with Crippen molar-refractivity contribution in [3.05, 3.63) is 23.9 Å². The van der Waals surface area contributed by atoms with Gasteiger partial charge >= 0.3 is 0 Å². The molecule has 2 unspecified atom stereocenters. The summed E-state index contributed by atoms with van der Waals surface area (Å²) >= 11 is 0. The second-order valence-electron chi connectivity index (χ2n) is 4.96. The van der Waals surface area contributed by atoms with Gasteiger partial charge in [-0.25, -0.2) is 4.98 Å². The van der Waals surface area contributed by atoms with E-state index in [0.717, 1.165) is 24.5 Å². The molecular weight excluding hydrogens is 212 g/mol. The van der Waals surface area contributed by atoms with E-state index in [1.165, 1.54) is 0 Å². The number of pyridine rings is 1. The molecule has 0 aromatic carbocycles. The van der Waals surface area contributed by atoms with Gasteiger partial charge in [-0.05, 0) is 27.0 Å². The maximum absolute atomic E-state index is 5.78. The largest absolute Gasteiger partial charge is 0.353 e. The van der Waals surface area contributed by atoms with E-state index in [1.807, 2.05) is 12.3 Å². The molecule has 0 radical (unpaired) electrons. The number of anilines is 1. The summed E-state index contributed by atoms with van der Waals surface area (Å²) in [5.41, 5.74) is 6.91. The highest BCUT2D eigenvalue weighted by atomic mass is 15.3. The normalized spacial score (nSPS) is 26.2. The predicted octanol–water partition coefficient (Wildman–Crippen LogP) is 1.07. The van der Waals surface area contributed by atoms with E-state index in [-0.39, 0.29) is 0 Å². The van der Waals surface area contributed by atoms with Crippen molar-refractivity contribution in [2.24, 2.45) is 5.73 Å². The van der Waals surface area contributed by atoms with Crippen LogP contribution in [0, 0.1) is 0 Å². The van der Waals surface area contributed by atoms with Crippen molar-refractivity contribution < 1.29 is 0 Å². The van der Waals surface area contributed by atoms with Crippen LogP contribution in [0.15, 0.2) is 18.3 Å². The quantitative estimate of drug-likeness (QED) is 0.831. The van der Waals surface area contributed by atoms with Crippen molar-refractivity contribution in [3.63, 3.8) is 0 Å². The van der Waals surface area contributed by atoms with Gasteiger partial charge in [-0.15, -0.1) is 0 Å². The number of piperazine rings is 1. The lowest BCUT2D eigenvalue weighted by Crippen LogP contribution is -2.55. The molecule has 2 rings (SSSR count). The van der Waals surface area contributed by atoms with Crippen LogP contribution in [0.2, 0.25) is 0 Å². The first kappa shape index (κ1) is 12.3. The van der Waals surface area contributed by atoms with Crippen LogP contribution in [0.25, 0.3) is 0 Å². The molecule has 94 valence electrons. The first-order valence-corrected chi connectivity index (χ1v) is 6.24. The molecule has 1 aliphatic rings. The molecular formula is C13H22N4. The first-order valence-electron chi connectivity index (χ1n) is 6.24. The minimum atomic E-state index is 0.548. The van der Waals surface area contributed by atoms with E-state index in [0.29, 0.717) is 18.6 Å². The molecule has 1 aliphatic heterocycles. The first-order chi connectivity index (χ1) is 8.13. The zero-order valence-electron chi connectivity index (χ0n) is 10.9. The average molecular weight is 234 g/mol. The number of hydrogen-bond acceptors (Lipinski definition) is 4. The topological polar surface area (TPSA) is 45.4 Å². The van der Waals surface area contributed by atoms with Crippen LogP contribution in [-0.4, -0.2) is 42.1 Å². The minimum absolute atomic E-state index is 0.548. The fourth-order valence-electron chi connectivity index (χ4n) is 2.45. The van der Waals surface area contributed by atoms with Crippen molar-refractivity contribution in [1.29, 1.82) is 0 Å². The summed E-state index contributed by atoms with van der Waals surface area (Å²) in [7, 11) is 2.19. The number of rotatable bonds is 2. The van der Waals surface area contributed by atoms with Gasteiger partial charge in [0.25, 0.3) is 0 Å². The second-order valence-corrected chi connectivity index (χ2v) is 4.96. The average Bonchev–Trinajstić information content (AvgIpc) is 2.35. The molecule has 2 N–H and O–H groups in total. The molecule has 0 saturated carbocycles. The molecule has 0 aliphatic carbocycles. The zero-order valence-corrected chi connectivity index (χ0v) is 10.9. The van der Waals surface area contributed by atoms with Crippen molar-refractivity contribution in [2.75, 3.05) is 25.0 Å². The van der Waals surface area contributed by atoms with Gasteiger partial charge in [-0.1, -0.05) is 6.07 Å². The Balaban J connectivity index is 2.22. The van der Waals surface area contributed by atoms with Crippen LogP contribution in [0.1, 0.15) is 19.4 Å². The van der Waals surface area contributed by atoms with Gasteiger partial charge in [0.2, 0.25) is 0 Å². The maximum atomic E-state index is 5.78. The fourth-order valence-corrected chi connectivity index (χ4v) is 2.45. The Morgan fingerprint density at radius 2 is 2.00 bits per heavy atom. The summed E-state index contributed by atoms with van der Waals surface area (Å²) in [5.74, 6) is 1.06. The van der Waals surface area contributed by atoms with E-state index in [9.17, 15) is 0 Å². The van der Waals surface area contributed by atoms with Crippen LogP contribution >= 0.6 is 0 Å². The van der Waals surface area contributed by atoms with Gasteiger partial charge in [0.1, 0.15) is 5.82 Å². The summed E-state index contributed by atoms with van der Waals surface area (Å²) in [6, 6.07) is 5.11. The Morgan fingerprint density at radius 1 is 1.35 bits per heavy atom. The maximum Gasteiger partial charge on any atom is 0.133 e. The molecule has 1 saturated heterocycles. The van der Waals surface area contributed by atoms with Gasteiger partial charge < -0.3 is 10.6 Å². The fraction of sp³-hybridized carbons (Fsp3) is 0.615. The summed E-state index contributed by atoms with van der Waals surface area (Å²) in [4.78, 5) is 9.27. The van der Waals surface area contributed by atoms with Crippen molar-refractivity contribution in [1.82, 2.24) is 9.88 Å². The van der Waals surface area contributed by atoms with E-state index in [1.54, 1.807) is 0 Å². The zero-order chi connectivity index (χ0) is 12.4. The number of nitrogens with zero attached hydrogens (tertiary/aromatic N) is 3. The van der Waals surface area contributed by atoms with Crippen molar-refractivity contribution in [3.8, 4) is 0 Å². The van der Waals surface area contributed by atoms with Gasteiger partial charge in [0, 0.05) is 43.5 Å². The lowest BCUT2D eigenvalue weighted by atomic mass is 10.1. The van der Waals surface area contributed by atoms with Gasteiger partial charge in [-0.3, -0.25) is 4.90 Å². The Labute approximate surface area is 103 Å². The molecule has 0 bridgehead atoms. The van der Waals surface area contributed by atoms with Crippen LogP contribution in [0.5, 0.6) is 0 Å². The molecule has 1 aromatic rings. The number of aromatic nitrogens is 1. The van der Waals surface area contributed by atoms with Crippen LogP contribution in [0.3, 0.4) is 0 Å². The third kappa shape index (κ3) is 2.42. The smallest absolute Gasteiger partial charge is 0.133 e. The van der Waals surface area contributed by atoms with Gasteiger partial charge in [0.15, 0.2) is 0 Å². The molecule has 1 fully saturated rings. The summed E-state index contributed by atoms with van der Waals surface area (Å²) in [6.45, 7) is 7.11. The number of likely N-dealkylation sites (N-methyl/N-ethyl adjacent to an activating group) is 1. The Morgan fingerprint density at radius 3 is 2.59 bits per heavy atom. The van der Waals surface area contributed by atoms with E-state index in [2.05, 4.69) is 41.7 Å². The molecule has 4 nitrogen and oxygen atoms in total. The van der Waals surface area contributed by atoms with Gasteiger partial charge in [-0.2, -0.15) is 0 Å². The Bertz CT molecular complexity index is 367. The third-order valence-corrected chi connectivity index (χ3v) is 3.75. The SMILES string of the molecule is CC1CN(c2ncccc2CN)CC(C)N1C. The van der Waals surface area contributed by atoms with Crippen molar-refractivity contribution >= 4 is 5.82 Å². The summed E-state index contributed by atoms with van der Waals surface area (Å²) in [6.07, 6.45) is 1.85. The van der Waals surface area contributed by atoms with E-state index >= 15 is 0 Å². The highest BCUT2D eigenvalue weighted by Crippen LogP contribution is 2.22. The second kappa shape index (κ2) is 5.02. The highest BCUT2D eigenvalue weighted by molar-refractivity contribution is 5.47. The van der Waals surface area contributed by atoms with Crippen LogP contribution in [-0.2, 0) is 6.54 Å². The van der Waals surface area contributed by atoms with Crippen LogP contribution < -0.4 is 10.6 Å². The Hall–Kier alpha value is -1.13. The van der Waals surface area contributed by atoms with Crippen molar-refractivity contribution in [2.45, 2.75) is 32.5 Å². The highest BCUT2D eigenvalue weighted by Gasteiger charge is 2.27. The monoisotopic (exact) mass is 234 g/mol. The number of nitrogens with two attached hydrogens (primary N) is 1. The standard InChI is InChI=1S/C13H22N4/c1-10-8-17(9-11(2)16(10)3)13-12(7-14)5-4-6-15-13/h4-6,10-11H,7-9,14H2,1-3H3. The molecule has 2 heterocycles.